The van der Waals surface area contributed by atoms with Crippen LogP contribution in [-0.4, -0.2) is 50.2 Å². The molecule has 0 spiro atoms. The summed E-state index contributed by atoms with van der Waals surface area (Å²) >= 11 is 0. The van der Waals surface area contributed by atoms with Gasteiger partial charge in [0, 0.05) is 24.5 Å². The number of carbonyl (C=O) groups excluding carboxylic acids is 1. The third-order valence-electron chi connectivity index (χ3n) is 3.22. The summed E-state index contributed by atoms with van der Waals surface area (Å²) in [7, 11) is 0. The SMILES string of the molecule is [N-]=[N+]=NCc1ccc(C(=O)NCCCN2CCOCC2)o1. The summed E-state index contributed by atoms with van der Waals surface area (Å²) in [5.41, 5.74) is 8.22. The number of ether oxygens (including phenoxy) is 1. The van der Waals surface area contributed by atoms with Crippen LogP contribution in [-0.2, 0) is 11.3 Å². The Balaban J connectivity index is 1.66. The van der Waals surface area contributed by atoms with Crippen molar-refractivity contribution < 1.29 is 13.9 Å². The van der Waals surface area contributed by atoms with Crippen LogP contribution >= 0.6 is 0 Å². The Morgan fingerprint density at radius 3 is 3.00 bits per heavy atom. The molecule has 0 saturated carbocycles. The minimum absolute atomic E-state index is 0.112. The van der Waals surface area contributed by atoms with Crippen LogP contribution in [0.3, 0.4) is 0 Å². The zero-order valence-corrected chi connectivity index (χ0v) is 11.8. The number of nitrogens with zero attached hydrogens (tertiary/aromatic N) is 4. The highest BCUT2D eigenvalue weighted by Gasteiger charge is 2.12. The van der Waals surface area contributed by atoms with Crippen molar-refractivity contribution in [2.75, 3.05) is 39.4 Å². The first-order valence-corrected chi connectivity index (χ1v) is 6.97. The Labute approximate surface area is 122 Å². The molecular formula is C13H19N5O3. The van der Waals surface area contributed by atoms with Crippen LogP contribution in [0.1, 0.15) is 22.7 Å². The van der Waals surface area contributed by atoms with E-state index in [0.29, 0.717) is 12.3 Å². The first kappa shape index (κ1) is 15.4. The third-order valence-corrected chi connectivity index (χ3v) is 3.22. The van der Waals surface area contributed by atoms with Crippen molar-refractivity contribution in [2.24, 2.45) is 5.11 Å². The lowest BCUT2D eigenvalue weighted by atomic mass is 10.3. The highest BCUT2D eigenvalue weighted by molar-refractivity contribution is 5.91. The van der Waals surface area contributed by atoms with Crippen molar-refractivity contribution in [2.45, 2.75) is 13.0 Å². The first-order valence-electron chi connectivity index (χ1n) is 6.97. The van der Waals surface area contributed by atoms with E-state index in [9.17, 15) is 4.79 Å². The lowest BCUT2D eigenvalue weighted by Gasteiger charge is -2.26. The van der Waals surface area contributed by atoms with Crippen LogP contribution in [0.4, 0.5) is 0 Å². The minimum Gasteiger partial charge on any atom is -0.456 e. The highest BCUT2D eigenvalue weighted by atomic mass is 16.5. The summed E-state index contributed by atoms with van der Waals surface area (Å²) < 4.78 is 10.6. The molecule has 0 unspecified atom stereocenters. The van der Waals surface area contributed by atoms with Crippen molar-refractivity contribution in [1.29, 1.82) is 0 Å². The average molecular weight is 293 g/mol. The highest BCUT2D eigenvalue weighted by Crippen LogP contribution is 2.09. The molecular weight excluding hydrogens is 274 g/mol. The fraction of sp³-hybridized carbons (Fsp3) is 0.615. The van der Waals surface area contributed by atoms with Gasteiger partial charge in [-0.3, -0.25) is 9.69 Å². The maximum Gasteiger partial charge on any atom is 0.286 e. The molecule has 0 radical (unpaired) electrons. The standard InChI is InChI=1S/C13H19N5O3/c14-17-16-10-11-2-3-12(21-11)13(19)15-4-1-5-18-6-8-20-9-7-18/h2-3H,1,4-10H2,(H,15,19). The van der Waals surface area contributed by atoms with Crippen LogP contribution in [0.5, 0.6) is 0 Å². The number of furan rings is 1. The molecule has 1 amide bonds. The van der Waals surface area contributed by atoms with Crippen LogP contribution in [0.25, 0.3) is 10.4 Å². The molecule has 1 aromatic rings. The van der Waals surface area contributed by atoms with E-state index in [1.807, 2.05) is 0 Å². The maximum atomic E-state index is 11.8. The average Bonchev–Trinajstić information content (AvgIpc) is 2.99. The Hall–Kier alpha value is -2.02. The second-order valence-corrected chi connectivity index (χ2v) is 4.72. The Morgan fingerprint density at radius 2 is 2.24 bits per heavy atom. The van der Waals surface area contributed by atoms with E-state index in [1.165, 1.54) is 0 Å². The number of nitrogens with one attached hydrogen (secondary N) is 1. The number of azide groups is 1. The summed E-state index contributed by atoms with van der Waals surface area (Å²) in [4.78, 5) is 16.8. The van der Waals surface area contributed by atoms with E-state index in [0.717, 1.165) is 39.3 Å². The predicted octanol–water partition coefficient (Wildman–Crippen LogP) is 1.54. The third kappa shape index (κ3) is 5.11. The minimum atomic E-state index is -0.246. The molecule has 1 saturated heterocycles. The summed E-state index contributed by atoms with van der Waals surface area (Å²) in [5.74, 6) is 0.472. The summed E-state index contributed by atoms with van der Waals surface area (Å²) in [6, 6.07) is 3.22. The quantitative estimate of drug-likeness (QED) is 0.356. The van der Waals surface area contributed by atoms with Gasteiger partial charge in [-0.1, -0.05) is 5.11 Å². The van der Waals surface area contributed by atoms with Gasteiger partial charge >= 0.3 is 0 Å². The molecule has 0 aliphatic carbocycles. The molecule has 0 aromatic carbocycles. The fourth-order valence-corrected chi connectivity index (χ4v) is 2.10. The molecule has 114 valence electrons. The van der Waals surface area contributed by atoms with Gasteiger partial charge in [0.05, 0.1) is 19.8 Å². The summed E-state index contributed by atoms with van der Waals surface area (Å²) in [6.45, 7) is 5.14. The second kappa shape index (κ2) is 8.31. The molecule has 1 N–H and O–H groups in total. The second-order valence-electron chi connectivity index (χ2n) is 4.72. The van der Waals surface area contributed by atoms with E-state index >= 15 is 0 Å². The van der Waals surface area contributed by atoms with Crippen LogP contribution in [0, 0.1) is 0 Å². The van der Waals surface area contributed by atoms with E-state index in [-0.39, 0.29) is 18.2 Å². The Kier molecular flexibility index (Phi) is 6.08. The van der Waals surface area contributed by atoms with Crippen molar-refractivity contribution in [3.05, 3.63) is 34.1 Å². The number of hydrogen-bond acceptors (Lipinski definition) is 5. The van der Waals surface area contributed by atoms with Crippen molar-refractivity contribution in [3.63, 3.8) is 0 Å². The molecule has 0 bridgehead atoms. The van der Waals surface area contributed by atoms with Crippen LogP contribution in [0.2, 0.25) is 0 Å². The Morgan fingerprint density at radius 1 is 1.43 bits per heavy atom. The normalized spacial score (nSPS) is 15.4. The topological polar surface area (TPSA) is 103 Å². The molecule has 2 heterocycles. The van der Waals surface area contributed by atoms with Crippen molar-refractivity contribution >= 4 is 5.91 Å². The predicted molar refractivity (Wildman–Crippen MR) is 75.8 cm³/mol. The van der Waals surface area contributed by atoms with Gasteiger partial charge < -0.3 is 14.5 Å². The van der Waals surface area contributed by atoms with Crippen molar-refractivity contribution in [3.8, 4) is 0 Å². The van der Waals surface area contributed by atoms with Gasteiger partial charge in [-0.15, -0.1) is 0 Å². The van der Waals surface area contributed by atoms with Gasteiger partial charge in [0.25, 0.3) is 5.91 Å². The number of hydrogen-bond donors (Lipinski definition) is 1. The fourth-order valence-electron chi connectivity index (χ4n) is 2.10. The maximum absolute atomic E-state index is 11.8. The zero-order chi connectivity index (χ0) is 14.9. The number of amides is 1. The van der Waals surface area contributed by atoms with Crippen LogP contribution in [0.15, 0.2) is 21.7 Å². The van der Waals surface area contributed by atoms with Gasteiger partial charge in [0.1, 0.15) is 5.76 Å². The van der Waals surface area contributed by atoms with Gasteiger partial charge in [0.2, 0.25) is 0 Å². The van der Waals surface area contributed by atoms with E-state index in [4.69, 9.17) is 14.7 Å². The lowest BCUT2D eigenvalue weighted by molar-refractivity contribution is 0.0374. The van der Waals surface area contributed by atoms with Gasteiger partial charge in [-0.25, -0.2) is 0 Å². The van der Waals surface area contributed by atoms with E-state index in [2.05, 4.69) is 20.2 Å². The molecule has 8 nitrogen and oxygen atoms in total. The first-order chi connectivity index (χ1) is 10.3. The van der Waals surface area contributed by atoms with Gasteiger partial charge in [-0.05, 0) is 30.6 Å². The van der Waals surface area contributed by atoms with E-state index < -0.39 is 0 Å². The molecule has 2 rings (SSSR count). The van der Waals surface area contributed by atoms with Crippen molar-refractivity contribution in [1.82, 2.24) is 10.2 Å². The van der Waals surface area contributed by atoms with E-state index in [1.54, 1.807) is 12.1 Å². The molecule has 8 heteroatoms. The number of carbonyl (C=O) groups is 1. The summed E-state index contributed by atoms with van der Waals surface area (Å²) in [5, 5.41) is 6.20. The zero-order valence-electron chi connectivity index (χ0n) is 11.8. The number of rotatable bonds is 7. The van der Waals surface area contributed by atoms with Crippen LogP contribution < -0.4 is 5.32 Å². The molecule has 1 aliphatic heterocycles. The number of morpholine rings is 1. The molecule has 1 fully saturated rings. The lowest BCUT2D eigenvalue weighted by Crippen LogP contribution is -2.38. The molecule has 1 aromatic heterocycles. The van der Waals surface area contributed by atoms with Gasteiger partial charge in [0.15, 0.2) is 5.76 Å². The Bertz CT molecular complexity index is 504. The monoisotopic (exact) mass is 293 g/mol. The smallest absolute Gasteiger partial charge is 0.286 e. The van der Waals surface area contributed by atoms with Gasteiger partial charge in [-0.2, -0.15) is 0 Å². The molecule has 21 heavy (non-hydrogen) atoms. The largest absolute Gasteiger partial charge is 0.456 e. The summed E-state index contributed by atoms with van der Waals surface area (Å²) in [6.07, 6.45) is 0.887. The molecule has 1 aliphatic rings. The molecule has 0 atom stereocenters.